The van der Waals surface area contributed by atoms with Crippen molar-refractivity contribution in [2.75, 3.05) is 0 Å². The molecule has 0 saturated heterocycles. The summed E-state index contributed by atoms with van der Waals surface area (Å²) in [6.07, 6.45) is 0. The Bertz CT molecular complexity index is 1050. The molecule has 6 nitrogen and oxygen atoms in total. The first kappa shape index (κ1) is 20.7. The molecule has 0 bridgehead atoms. The maximum atomic E-state index is 13.2. The van der Waals surface area contributed by atoms with Crippen LogP contribution in [0.3, 0.4) is 0 Å². The van der Waals surface area contributed by atoms with Gasteiger partial charge in [0, 0.05) is 23.1 Å². The number of rotatable bonds is 4. The van der Waals surface area contributed by atoms with Crippen molar-refractivity contribution < 1.29 is 14.3 Å². The van der Waals surface area contributed by atoms with E-state index in [2.05, 4.69) is 20.3 Å². The van der Waals surface area contributed by atoms with Crippen LogP contribution in [0.2, 0.25) is 5.02 Å². The average molecular weight is 415 g/mol. The molecule has 0 unspecified atom stereocenters. The van der Waals surface area contributed by atoms with Crippen LogP contribution in [0.25, 0.3) is 22.8 Å². The van der Waals surface area contributed by atoms with Gasteiger partial charge >= 0.3 is 6.01 Å². The monoisotopic (exact) mass is 414 g/mol. The molecule has 0 spiro atoms. The first-order valence-corrected chi connectivity index (χ1v) is 9.29. The average Bonchev–Trinajstić information content (AvgIpc) is 2.66. The predicted molar refractivity (Wildman–Crippen MR) is 109 cm³/mol. The summed E-state index contributed by atoms with van der Waals surface area (Å²) in [6.45, 7) is 5.81. The summed E-state index contributed by atoms with van der Waals surface area (Å²) in [7, 11) is 0. The van der Waals surface area contributed by atoms with E-state index in [4.69, 9.17) is 11.6 Å². The van der Waals surface area contributed by atoms with Gasteiger partial charge < -0.3 is 10.4 Å². The number of halogens is 2. The molecule has 2 aromatic carbocycles. The lowest BCUT2D eigenvalue weighted by Gasteiger charge is -2.18. The van der Waals surface area contributed by atoms with E-state index in [0.717, 1.165) is 5.56 Å². The van der Waals surface area contributed by atoms with Crippen molar-refractivity contribution in [2.45, 2.75) is 27.3 Å². The summed E-state index contributed by atoms with van der Waals surface area (Å²) in [5, 5.41) is 13.2. The molecule has 0 aliphatic carbocycles. The number of hydrogen-bond donors (Lipinski definition) is 2. The Kier molecular flexibility index (Phi) is 5.79. The summed E-state index contributed by atoms with van der Waals surface area (Å²) in [5.41, 5.74) is 1.30. The molecule has 0 radical (unpaired) electrons. The van der Waals surface area contributed by atoms with Crippen LogP contribution in [0.4, 0.5) is 4.39 Å². The van der Waals surface area contributed by atoms with E-state index in [1.54, 1.807) is 18.2 Å². The van der Waals surface area contributed by atoms with E-state index in [1.807, 2.05) is 20.8 Å². The number of aromatic nitrogens is 3. The van der Waals surface area contributed by atoms with E-state index < -0.39 is 11.4 Å². The zero-order valence-corrected chi connectivity index (χ0v) is 17.0. The van der Waals surface area contributed by atoms with Crippen LogP contribution in [0.1, 0.15) is 26.3 Å². The highest BCUT2D eigenvalue weighted by molar-refractivity contribution is 6.33. The fourth-order valence-corrected chi connectivity index (χ4v) is 2.72. The number of benzene rings is 2. The standard InChI is InChI=1S/C21H20ClFN4O2/c1-21(2,3)19(28)24-11-12-4-9-16(22)15(10-12)18-25-17(26-20(29)27-18)13-5-7-14(23)8-6-13/h4-10H,11H2,1-3H3,(H,24,28)(H,25,26,27,29). The Morgan fingerprint density at radius 1 is 1.07 bits per heavy atom. The van der Waals surface area contributed by atoms with Crippen LogP contribution < -0.4 is 5.32 Å². The van der Waals surface area contributed by atoms with E-state index >= 15 is 0 Å². The van der Waals surface area contributed by atoms with Gasteiger partial charge in [-0.1, -0.05) is 38.4 Å². The Hall–Kier alpha value is -3.06. The molecule has 0 atom stereocenters. The lowest BCUT2D eigenvalue weighted by atomic mass is 9.95. The second-order valence-electron chi connectivity index (χ2n) is 7.54. The highest BCUT2D eigenvalue weighted by Crippen LogP contribution is 2.29. The van der Waals surface area contributed by atoms with Crippen LogP contribution in [-0.4, -0.2) is 26.0 Å². The van der Waals surface area contributed by atoms with Crippen molar-refractivity contribution in [3.05, 3.63) is 58.9 Å². The summed E-state index contributed by atoms with van der Waals surface area (Å²) in [4.78, 5) is 24.3. The van der Waals surface area contributed by atoms with E-state index in [9.17, 15) is 14.3 Å². The van der Waals surface area contributed by atoms with Crippen LogP contribution in [0.5, 0.6) is 6.01 Å². The predicted octanol–water partition coefficient (Wildman–Crippen LogP) is 4.37. The number of nitrogens with zero attached hydrogens (tertiary/aromatic N) is 3. The van der Waals surface area contributed by atoms with Gasteiger partial charge in [-0.05, 0) is 42.0 Å². The molecule has 3 aromatic rings. The molecule has 29 heavy (non-hydrogen) atoms. The topological polar surface area (TPSA) is 88.0 Å². The molecule has 1 aromatic heterocycles. The third-order valence-electron chi connectivity index (χ3n) is 4.13. The maximum absolute atomic E-state index is 13.2. The first-order valence-electron chi connectivity index (χ1n) is 8.91. The fraction of sp³-hybridized carbons (Fsp3) is 0.238. The largest absolute Gasteiger partial charge is 0.479 e. The van der Waals surface area contributed by atoms with Crippen molar-refractivity contribution in [1.82, 2.24) is 20.3 Å². The van der Waals surface area contributed by atoms with Crippen LogP contribution in [-0.2, 0) is 11.3 Å². The van der Waals surface area contributed by atoms with Crippen LogP contribution in [0.15, 0.2) is 42.5 Å². The minimum absolute atomic E-state index is 0.0783. The molecular weight excluding hydrogens is 395 g/mol. The third-order valence-corrected chi connectivity index (χ3v) is 4.46. The van der Waals surface area contributed by atoms with Crippen LogP contribution >= 0.6 is 11.6 Å². The second kappa shape index (κ2) is 8.13. The molecule has 0 aliphatic rings. The number of hydrogen-bond acceptors (Lipinski definition) is 5. The maximum Gasteiger partial charge on any atom is 0.318 e. The van der Waals surface area contributed by atoms with Gasteiger partial charge in [-0.15, -0.1) is 0 Å². The van der Waals surface area contributed by atoms with Crippen molar-refractivity contribution in [3.63, 3.8) is 0 Å². The van der Waals surface area contributed by atoms with Gasteiger partial charge in [-0.3, -0.25) is 4.79 Å². The molecule has 8 heteroatoms. The number of carbonyl (C=O) groups is 1. The number of nitrogens with one attached hydrogen (secondary N) is 1. The van der Waals surface area contributed by atoms with Gasteiger partial charge in [-0.25, -0.2) is 9.37 Å². The Morgan fingerprint density at radius 2 is 1.72 bits per heavy atom. The molecule has 3 rings (SSSR count). The molecule has 0 fully saturated rings. The first-order chi connectivity index (χ1) is 13.6. The van der Waals surface area contributed by atoms with Gasteiger partial charge in [0.15, 0.2) is 11.6 Å². The van der Waals surface area contributed by atoms with Crippen molar-refractivity contribution in [2.24, 2.45) is 5.41 Å². The molecule has 1 heterocycles. The number of carbonyl (C=O) groups excluding carboxylic acids is 1. The fourth-order valence-electron chi connectivity index (χ4n) is 2.51. The number of aromatic hydroxyl groups is 1. The molecule has 2 N–H and O–H groups in total. The smallest absolute Gasteiger partial charge is 0.318 e. The van der Waals surface area contributed by atoms with Crippen molar-refractivity contribution >= 4 is 17.5 Å². The van der Waals surface area contributed by atoms with E-state index in [1.165, 1.54) is 24.3 Å². The Morgan fingerprint density at radius 3 is 2.38 bits per heavy atom. The van der Waals surface area contributed by atoms with Gasteiger partial charge in [0.2, 0.25) is 5.91 Å². The molecule has 150 valence electrons. The van der Waals surface area contributed by atoms with Gasteiger partial charge in [0.05, 0.1) is 5.02 Å². The normalized spacial score (nSPS) is 11.3. The van der Waals surface area contributed by atoms with Gasteiger partial charge in [0.1, 0.15) is 5.82 Å². The lowest BCUT2D eigenvalue weighted by molar-refractivity contribution is -0.128. The van der Waals surface area contributed by atoms with Gasteiger partial charge in [0.25, 0.3) is 0 Å². The number of amides is 1. The molecule has 0 saturated carbocycles. The third kappa shape index (κ3) is 5.06. The molecule has 0 aliphatic heterocycles. The lowest BCUT2D eigenvalue weighted by Crippen LogP contribution is -2.34. The molecule has 1 amide bonds. The summed E-state index contributed by atoms with van der Waals surface area (Å²) in [5.74, 6) is -0.105. The Labute approximate surface area is 172 Å². The van der Waals surface area contributed by atoms with Gasteiger partial charge in [-0.2, -0.15) is 9.97 Å². The van der Waals surface area contributed by atoms with Crippen LogP contribution in [0, 0.1) is 11.2 Å². The summed E-state index contributed by atoms with van der Waals surface area (Å²) < 4.78 is 13.2. The minimum atomic E-state index is -0.501. The quantitative estimate of drug-likeness (QED) is 0.662. The zero-order valence-electron chi connectivity index (χ0n) is 16.2. The van der Waals surface area contributed by atoms with Crippen molar-refractivity contribution in [1.29, 1.82) is 0 Å². The van der Waals surface area contributed by atoms with E-state index in [-0.39, 0.29) is 23.4 Å². The highest BCUT2D eigenvalue weighted by atomic mass is 35.5. The summed E-state index contributed by atoms with van der Waals surface area (Å²) >= 11 is 6.32. The SMILES string of the molecule is CC(C)(C)C(=O)NCc1ccc(Cl)c(-c2nc(O)nc(-c3ccc(F)cc3)n2)c1. The summed E-state index contributed by atoms with van der Waals surface area (Å²) in [6, 6.07) is 10.3. The second-order valence-corrected chi connectivity index (χ2v) is 7.94. The zero-order chi connectivity index (χ0) is 21.2. The van der Waals surface area contributed by atoms with Crippen molar-refractivity contribution in [3.8, 4) is 28.8 Å². The minimum Gasteiger partial charge on any atom is -0.479 e. The highest BCUT2D eigenvalue weighted by Gasteiger charge is 2.21. The molecular formula is C21H20ClFN4O2. The Balaban J connectivity index is 1.94. The van der Waals surface area contributed by atoms with E-state index in [0.29, 0.717) is 22.7 Å².